The van der Waals surface area contributed by atoms with Gasteiger partial charge in [-0.25, -0.2) is 4.58 Å². The molecule has 2 rings (SSSR count). The quantitative estimate of drug-likeness (QED) is 0.300. The highest BCUT2D eigenvalue weighted by Crippen LogP contribution is 2.32. The largest absolute Gasteiger partial charge is 0.666 e. The van der Waals surface area contributed by atoms with Crippen molar-refractivity contribution in [1.29, 1.82) is 0 Å². The van der Waals surface area contributed by atoms with Crippen molar-refractivity contribution in [2.24, 2.45) is 0 Å². The highest BCUT2D eigenvalue weighted by atomic mass is 16.8. The smallest absolute Gasteiger partial charge is 0.524 e. The molecule has 1 aromatic carbocycles. The molecule has 0 N–H and O–H groups in total. The van der Waals surface area contributed by atoms with E-state index in [1.165, 1.54) is 6.40 Å². The lowest BCUT2D eigenvalue weighted by Crippen LogP contribution is -2.29. The summed E-state index contributed by atoms with van der Waals surface area (Å²) in [6.45, 7) is 0. The Kier molecular flexibility index (Phi) is 2.31. The molecule has 0 amide bonds. The molecule has 4 nitrogen and oxygen atoms in total. The van der Waals surface area contributed by atoms with Crippen molar-refractivity contribution in [3.8, 4) is 11.5 Å². The molecule has 0 saturated heterocycles. The first-order valence-electron chi connectivity index (χ1n) is 4.33. The van der Waals surface area contributed by atoms with Crippen LogP contribution in [0.2, 0.25) is 0 Å². The minimum Gasteiger partial charge on any atom is -0.666 e. The Labute approximate surface area is 82.9 Å². The molecular formula is C9H11BNO3. The predicted octanol–water partition coefficient (Wildman–Crippen LogP) is 0.760. The lowest BCUT2D eigenvalue weighted by molar-refractivity contribution is -0.466. The van der Waals surface area contributed by atoms with Gasteiger partial charge in [0.25, 0.3) is 6.40 Å². The van der Waals surface area contributed by atoms with Crippen LogP contribution in [0.4, 0.5) is 0 Å². The second kappa shape index (κ2) is 3.61. The molecule has 73 valence electrons. The summed E-state index contributed by atoms with van der Waals surface area (Å²) >= 11 is 0. The molecule has 0 spiro atoms. The van der Waals surface area contributed by atoms with Gasteiger partial charge in [-0.2, -0.15) is 0 Å². The molecule has 1 aliphatic rings. The van der Waals surface area contributed by atoms with E-state index >= 15 is 0 Å². The van der Waals surface area contributed by atoms with Crippen LogP contribution in [0.15, 0.2) is 24.3 Å². The molecule has 1 heterocycles. The first-order valence-corrected chi connectivity index (χ1v) is 4.33. The van der Waals surface area contributed by atoms with Gasteiger partial charge in [-0.05, 0) is 12.1 Å². The van der Waals surface area contributed by atoms with Crippen molar-refractivity contribution in [2.75, 3.05) is 14.1 Å². The highest BCUT2D eigenvalue weighted by Gasteiger charge is 2.18. The highest BCUT2D eigenvalue weighted by molar-refractivity contribution is 6.41. The Morgan fingerprint density at radius 3 is 2.29 bits per heavy atom. The third-order valence-electron chi connectivity index (χ3n) is 1.68. The van der Waals surface area contributed by atoms with Crippen LogP contribution in [-0.4, -0.2) is 32.4 Å². The van der Waals surface area contributed by atoms with Gasteiger partial charge in [-0.15, -0.1) is 0 Å². The molecule has 0 unspecified atom stereocenters. The van der Waals surface area contributed by atoms with Gasteiger partial charge >= 0.3 is 7.32 Å². The van der Waals surface area contributed by atoms with Crippen molar-refractivity contribution in [1.82, 2.24) is 0 Å². The normalized spacial score (nSPS) is 13.9. The molecule has 0 saturated carbocycles. The van der Waals surface area contributed by atoms with E-state index in [2.05, 4.69) is 0 Å². The van der Waals surface area contributed by atoms with Crippen LogP contribution in [0, 0.1) is 0 Å². The van der Waals surface area contributed by atoms with Crippen molar-refractivity contribution in [3.05, 3.63) is 24.3 Å². The molecule has 0 atom stereocenters. The molecule has 14 heavy (non-hydrogen) atoms. The minimum absolute atomic E-state index is 0.671. The number of rotatable bonds is 2. The maximum absolute atomic E-state index is 5.35. The Bertz CT molecular complexity index is 338. The average molecular weight is 192 g/mol. The summed E-state index contributed by atoms with van der Waals surface area (Å²) in [4.78, 5) is 0. The van der Waals surface area contributed by atoms with Crippen LogP contribution in [-0.2, 0) is 4.65 Å². The zero-order valence-electron chi connectivity index (χ0n) is 8.14. The first-order chi connectivity index (χ1) is 6.75. The maximum Gasteiger partial charge on any atom is 0.524 e. The standard InChI is InChI=1S/C9H11BNO3/c1-11(2)7-12-10-13-8-5-3-4-6-9(8)14-10/h3-7H,1-2H3. The maximum atomic E-state index is 5.35. The first kappa shape index (κ1) is 8.93. The van der Waals surface area contributed by atoms with Gasteiger partial charge in [0.2, 0.25) is 0 Å². The van der Waals surface area contributed by atoms with Gasteiger partial charge in [0, 0.05) is 0 Å². The van der Waals surface area contributed by atoms with Gasteiger partial charge in [-0.1, -0.05) is 12.1 Å². The fraction of sp³-hybridized carbons (Fsp3) is 0.222. The van der Waals surface area contributed by atoms with Gasteiger partial charge in [0.1, 0.15) is 25.6 Å². The van der Waals surface area contributed by atoms with Crippen LogP contribution in [0.3, 0.4) is 0 Å². The summed E-state index contributed by atoms with van der Waals surface area (Å²) in [6, 6.07) is 7.46. The molecule has 1 aliphatic heterocycles. The van der Waals surface area contributed by atoms with E-state index in [9.17, 15) is 0 Å². The fourth-order valence-corrected chi connectivity index (χ4v) is 1.10. The Morgan fingerprint density at radius 2 is 1.79 bits per heavy atom. The number of para-hydroxylation sites is 2. The van der Waals surface area contributed by atoms with E-state index in [0.717, 1.165) is 0 Å². The summed E-state index contributed by atoms with van der Waals surface area (Å²) in [6.07, 6.45) is 1.54. The second-order valence-electron chi connectivity index (χ2n) is 3.18. The van der Waals surface area contributed by atoms with E-state index in [-0.39, 0.29) is 0 Å². The zero-order valence-corrected chi connectivity index (χ0v) is 8.14. The molecule has 0 aromatic heterocycles. The van der Waals surface area contributed by atoms with Crippen molar-refractivity contribution in [2.45, 2.75) is 0 Å². The number of nitrogens with zero attached hydrogens (tertiary/aromatic N) is 1. The summed E-state index contributed by atoms with van der Waals surface area (Å²) in [5.74, 6) is 1.43. The Morgan fingerprint density at radius 1 is 1.21 bits per heavy atom. The molecule has 0 fully saturated rings. The topological polar surface area (TPSA) is 30.7 Å². The molecular weight excluding hydrogens is 181 g/mol. The number of benzene rings is 1. The SMILES string of the molecule is C[N+](C)=CO[B-]1Oc2ccccc2O1. The fourth-order valence-electron chi connectivity index (χ4n) is 1.10. The van der Waals surface area contributed by atoms with Gasteiger partial charge < -0.3 is 14.0 Å². The second-order valence-corrected chi connectivity index (χ2v) is 3.18. The number of hydrogen-bond acceptors (Lipinski definition) is 3. The molecule has 1 aromatic rings. The van der Waals surface area contributed by atoms with Gasteiger partial charge in [0.05, 0.1) is 0 Å². The minimum atomic E-state index is -0.671. The van der Waals surface area contributed by atoms with E-state index in [1.807, 2.05) is 38.4 Å². The van der Waals surface area contributed by atoms with Gasteiger partial charge in [0.15, 0.2) is 0 Å². The molecule has 5 heteroatoms. The Hall–Kier alpha value is -1.65. The van der Waals surface area contributed by atoms with E-state index in [4.69, 9.17) is 14.0 Å². The van der Waals surface area contributed by atoms with E-state index in [0.29, 0.717) is 11.5 Å². The third-order valence-corrected chi connectivity index (χ3v) is 1.68. The van der Waals surface area contributed by atoms with Gasteiger partial charge in [-0.3, -0.25) is 0 Å². The zero-order chi connectivity index (χ0) is 9.97. The van der Waals surface area contributed by atoms with E-state index < -0.39 is 7.32 Å². The predicted molar refractivity (Wildman–Crippen MR) is 52.7 cm³/mol. The van der Waals surface area contributed by atoms with Crippen molar-refractivity contribution >= 4 is 13.7 Å². The summed E-state index contributed by atoms with van der Waals surface area (Å²) in [5.41, 5.74) is 0. The van der Waals surface area contributed by atoms with E-state index in [1.54, 1.807) is 4.58 Å². The molecule has 1 radical (unpaired) electrons. The summed E-state index contributed by atoms with van der Waals surface area (Å²) < 4.78 is 17.7. The van der Waals surface area contributed by atoms with Crippen molar-refractivity contribution in [3.63, 3.8) is 0 Å². The Balaban J connectivity index is 2.02. The monoisotopic (exact) mass is 192 g/mol. The molecule has 0 aliphatic carbocycles. The summed E-state index contributed by atoms with van der Waals surface area (Å²) in [7, 11) is 3.05. The van der Waals surface area contributed by atoms with Crippen molar-refractivity contribution < 1.29 is 18.5 Å². The number of fused-ring (bicyclic) bond motifs is 1. The summed E-state index contributed by atoms with van der Waals surface area (Å²) in [5, 5.41) is 0. The molecule has 0 bridgehead atoms. The third kappa shape index (κ3) is 1.81. The van der Waals surface area contributed by atoms with Crippen LogP contribution in [0.5, 0.6) is 11.5 Å². The van der Waals surface area contributed by atoms with Crippen LogP contribution >= 0.6 is 0 Å². The lowest BCUT2D eigenvalue weighted by Gasteiger charge is -2.17. The van der Waals surface area contributed by atoms with Crippen LogP contribution < -0.4 is 9.31 Å². The van der Waals surface area contributed by atoms with Crippen LogP contribution in [0.25, 0.3) is 0 Å². The number of hydrogen-bond donors (Lipinski definition) is 0. The average Bonchev–Trinajstić information content (AvgIpc) is 2.57. The lowest BCUT2D eigenvalue weighted by atomic mass is 10.2. The van der Waals surface area contributed by atoms with Crippen LogP contribution in [0.1, 0.15) is 0 Å².